The van der Waals surface area contributed by atoms with Gasteiger partial charge < -0.3 is 16.8 Å². The highest BCUT2D eigenvalue weighted by Gasteiger charge is 2.37. The molecule has 5 N–H and O–H groups in total. The van der Waals surface area contributed by atoms with Gasteiger partial charge in [0.2, 0.25) is 5.91 Å². The number of benzene rings is 1. The van der Waals surface area contributed by atoms with Crippen LogP contribution in [0.25, 0.3) is 0 Å². The van der Waals surface area contributed by atoms with E-state index in [4.69, 9.17) is 11.5 Å². The molecule has 1 aromatic carbocycles. The van der Waals surface area contributed by atoms with Gasteiger partial charge in [-0.15, -0.1) is 0 Å². The molecule has 10 heteroatoms. The number of nitrogens with zero attached hydrogens (tertiary/aromatic N) is 3. The maximum atomic E-state index is 14.3. The number of amides is 3. The second-order valence-corrected chi connectivity index (χ2v) is 11.5. The van der Waals surface area contributed by atoms with E-state index in [1.54, 1.807) is 24.5 Å². The Labute approximate surface area is 238 Å². The van der Waals surface area contributed by atoms with Gasteiger partial charge in [-0.25, -0.2) is 0 Å². The lowest BCUT2D eigenvalue weighted by Gasteiger charge is -2.33. The predicted octanol–water partition coefficient (Wildman–Crippen LogP) is 5.10. The van der Waals surface area contributed by atoms with E-state index in [1.807, 2.05) is 12.1 Å². The predicted molar refractivity (Wildman–Crippen MR) is 156 cm³/mol. The van der Waals surface area contributed by atoms with Gasteiger partial charge >= 0.3 is 0 Å². The van der Waals surface area contributed by atoms with Gasteiger partial charge in [0, 0.05) is 24.1 Å². The van der Waals surface area contributed by atoms with Crippen molar-refractivity contribution >= 4 is 40.6 Å². The number of hydrogen-bond acceptors (Lipinski definition) is 7. The fraction of sp³-hybridized carbons (Fsp3) is 0.433. The van der Waals surface area contributed by atoms with Gasteiger partial charge in [0.15, 0.2) is 5.69 Å². The van der Waals surface area contributed by atoms with Crippen LogP contribution >= 0.6 is 11.5 Å². The van der Waals surface area contributed by atoms with Gasteiger partial charge in [-0.05, 0) is 78.5 Å². The first-order chi connectivity index (χ1) is 19.4. The van der Waals surface area contributed by atoms with E-state index in [0.29, 0.717) is 17.2 Å². The van der Waals surface area contributed by atoms with Crippen LogP contribution in [-0.2, 0) is 4.79 Å². The van der Waals surface area contributed by atoms with E-state index in [1.165, 1.54) is 29.7 Å². The SMILES string of the molecule is NC(=O)c1nsc(C(=O)N(c2ccc(C3CCCCC3)cc2)C(C(=O)NC2CCCCC2)c2ccncc2)c1N. The molecule has 2 aliphatic rings. The molecule has 1 unspecified atom stereocenters. The molecule has 0 radical (unpaired) electrons. The average molecular weight is 561 g/mol. The molecule has 5 rings (SSSR count). The van der Waals surface area contributed by atoms with Gasteiger partial charge in [0.1, 0.15) is 10.9 Å². The Kier molecular flexibility index (Phi) is 8.74. The molecule has 2 heterocycles. The van der Waals surface area contributed by atoms with Crippen molar-refractivity contribution in [2.24, 2.45) is 5.73 Å². The summed E-state index contributed by atoms with van der Waals surface area (Å²) in [6.45, 7) is 0. The minimum atomic E-state index is -0.989. The molecular formula is C30H36N6O3S. The summed E-state index contributed by atoms with van der Waals surface area (Å²) in [7, 11) is 0. The van der Waals surface area contributed by atoms with Gasteiger partial charge in [-0.1, -0.05) is 50.7 Å². The molecule has 2 aromatic heterocycles. The molecule has 3 aromatic rings. The summed E-state index contributed by atoms with van der Waals surface area (Å²) < 4.78 is 4.04. The summed E-state index contributed by atoms with van der Waals surface area (Å²) in [6.07, 6.45) is 14.3. The second-order valence-electron chi connectivity index (χ2n) is 10.8. The maximum Gasteiger partial charge on any atom is 0.273 e. The van der Waals surface area contributed by atoms with Crippen molar-refractivity contribution < 1.29 is 14.4 Å². The van der Waals surface area contributed by atoms with E-state index in [9.17, 15) is 14.4 Å². The van der Waals surface area contributed by atoms with Crippen LogP contribution in [0.3, 0.4) is 0 Å². The van der Waals surface area contributed by atoms with E-state index in [-0.39, 0.29) is 28.2 Å². The summed E-state index contributed by atoms with van der Waals surface area (Å²) >= 11 is 0.810. The van der Waals surface area contributed by atoms with Gasteiger partial charge in [0.05, 0.1) is 5.69 Å². The first-order valence-electron chi connectivity index (χ1n) is 14.1. The molecule has 0 aliphatic heterocycles. The minimum absolute atomic E-state index is 0.0474. The lowest BCUT2D eigenvalue weighted by molar-refractivity contribution is -0.123. The van der Waals surface area contributed by atoms with Crippen molar-refractivity contribution in [2.75, 3.05) is 10.6 Å². The fourth-order valence-electron chi connectivity index (χ4n) is 5.96. The Morgan fingerprint density at radius 1 is 0.900 bits per heavy atom. The van der Waals surface area contributed by atoms with Crippen molar-refractivity contribution in [1.29, 1.82) is 0 Å². The largest absolute Gasteiger partial charge is 0.395 e. The quantitative estimate of drug-likeness (QED) is 0.349. The molecule has 210 valence electrons. The number of nitrogens with two attached hydrogens (primary N) is 2. The maximum absolute atomic E-state index is 14.3. The van der Waals surface area contributed by atoms with Gasteiger partial charge in [-0.3, -0.25) is 24.3 Å². The van der Waals surface area contributed by atoms with Crippen molar-refractivity contribution in [3.63, 3.8) is 0 Å². The Balaban J connectivity index is 1.57. The number of rotatable bonds is 8. The Bertz CT molecular complexity index is 1330. The Hall–Kier alpha value is -3.79. The number of pyridine rings is 1. The van der Waals surface area contributed by atoms with E-state index in [2.05, 4.69) is 26.8 Å². The van der Waals surface area contributed by atoms with Crippen molar-refractivity contribution in [3.8, 4) is 0 Å². The highest BCUT2D eigenvalue weighted by Crippen LogP contribution is 2.37. The number of nitrogen functional groups attached to an aromatic ring is 1. The third-order valence-electron chi connectivity index (χ3n) is 8.10. The first kappa shape index (κ1) is 27.8. The van der Waals surface area contributed by atoms with Crippen molar-refractivity contribution in [3.05, 3.63) is 70.5 Å². The topological polar surface area (TPSA) is 144 Å². The average Bonchev–Trinajstić information content (AvgIpc) is 3.38. The number of nitrogens with one attached hydrogen (secondary N) is 1. The van der Waals surface area contributed by atoms with Crippen LogP contribution in [-0.4, -0.2) is 33.1 Å². The number of anilines is 2. The molecule has 0 saturated heterocycles. The molecule has 0 bridgehead atoms. The van der Waals surface area contributed by atoms with E-state index < -0.39 is 17.9 Å². The smallest absolute Gasteiger partial charge is 0.273 e. The second kappa shape index (κ2) is 12.6. The number of carbonyl (C=O) groups excluding carboxylic acids is 3. The molecule has 2 aliphatic carbocycles. The number of aromatic nitrogens is 2. The van der Waals surface area contributed by atoms with Gasteiger partial charge in [0.25, 0.3) is 11.8 Å². The summed E-state index contributed by atoms with van der Waals surface area (Å²) in [5.41, 5.74) is 13.8. The van der Waals surface area contributed by atoms with Crippen LogP contribution in [0, 0.1) is 0 Å². The zero-order valence-electron chi connectivity index (χ0n) is 22.6. The summed E-state index contributed by atoms with van der Waals surface area (Å²) in [5.74, 6) is -1.11. The number of hydrogen-bond donors (Lipinski definition) is 3. The van der Waals surface area contributed by atoms with Crippen LogP contribution in [0.4, 0.5) is 11.4 Å². The summed E-state index contributed by atoms with van der Waals surface area (Å²) in [5, 5.41) is 3.20. The van der Waals surface area contributed by atoms with Crippen molar-refractivity contribution in [1.82, 2.24) is 14.7 Å². The highest BCUT2D eigenvalue weighted by molar-refractivity contribution is 7.09. The normalized spacial score (nSPS) is 17.2. The zero-order valence-corrected chi connectivity index (χ0v) is 23.4. The van der Waals surface area contributed by atoms with E-state index >= 15 is 0 Å². The van der Waals surface area contributed by atoms with Crippen LogP contribution in [0.15, 0.2) is 48.8 Å². The summed E-state index contributed by atoms with van der Waals surface area (Å²) in [4.78, 5) is 45.8. The fourth-order valence-corrected chi connectivity index (χ4v) is 6.70. The summed E-state index contributed by atoms with van der Waals surface area (Å²) in [6, 6.07) is 10.5. The van der Waals surface area contributed by atoms with Crippen LogP contribution in [0.2, 0.25) is 0 Å². The third kappa shape index (κ3) is 6.01. The molecule has 2 saturated carbocycles. The molecule has 3 amide bonds. The molecule has 0 spiro atoms. The highest BCUT2D eigenvalue weighted by atomic mass is 32.1. The van der Waals surface area contributed by atoms with Crippen LogP contribution in [0.5, 0.6) is 0 Å². The zero-order chi connectivity index (χ0) is 28.1. The molecule has 40 heavy (non-hydrogen) atoms. The number of primary amides is 1. The molecule has 9 nitrogen and oxygen atoms in total. The standard InChI is InChI=1S/C30H36N6O3S/c31-24-25(28(32)37)35-40-27(24)30(39)36(23-13-11-20(12-14-23)19-7-3-1-4-8-19)26(21-15-17-33-18-16-21)29(38)34-22-9-5-2-6-10-22/h11-19,22,26H,1-10,31H2,(H2,32,37)(H,34,38). The Morgan fingerprint density at radius 2 is 1.52 bits per heavy atom. The lowest BCUT2D eigenvalue weighted by atomic mass is 9.84. The molecule has 2 fully saturated rings. The monoisotopic (exact) mass is 560 g/mol. The third-order valence-corrected chi connectivity index (χ3v) is 8.95. The molecular weight excluding hydrogens is 524 g/mol. The number of carbonyl (C=O) groups is 3. The van der Waals surface area contributed by atoms with Gasteiger partial charge in [-0.2, -0.15) is 4.37 Å². The first-order valence-corrected chi connectivity index (χ1v) is 14.9. The van der Waals surface area contributed by atoms with Crippen LogP contribution in [0.1, 0.15) is 107 Å². The van der Waals surface area contributed by atoms with Crippen molar-refractivity contribution in [2.45, 2.75) is 82.2 Å². The minimum Gasteiger partial charge on any atom is -0.395 e. The molecule has 1 atom stereocenters. The Morgan fingerprint density at radius 3 is 2.12 bits per heavy atom. The lowest BCUT2D eigenvalue weighted by Crippen LogP contribution is -2.47. The van der Waals surface area contributed by atoms with Crippen LogP contribution < -0.4 is 21.7 Å². The van der Waals surface area contributed by atoms with E-state index in [0.717, 1.165) is 56.5 Å².